The van der Waals surface area contributed by atoms with Crippen LogP contribution in [-0.2, 0) is 32.0 Å². The van der Waals surface area contributed by atoms with E-state index in [2.05, 4.69) is 5.32 Å². The first-order valence-electron chi connectivity index (χ1n) is 16.3. The molecule has 1 amide bonds. The van der Waals surface area contributed by atoms with E-state index in [1.807, 2.05) is 30.3 Å². The molecular formula is C38H44N2O6. The molecule has 0 saturated heterocycles. The molecule has 0 aromatic heterocycles. The number of carbonyl (C=O) groups is 4. The standard InChI is InChI=1S/C28H27NO6.C10H17N/c30-24(16-17-26(31)35-25(28(33)34)19-21-12-6-2-7-13-21)23(18-20-10-4-1-5-11-20)29-27(32)22-14-8-3-9-15-22;11-10-4-7-1-8(5-10)3-9(2-7)6-10/h1-15,23,25H,16-19H2,(H,29,32)(H,33,34);7-9H,1-6,11H2/t23-,25-;/m0./s1. The Morgan fingerprint density at radius 1 is 0.739 bits per heavy atom. The lowest BCUT2D eigenvalue weighted by molar-refractivity contribution is -0.164. The summed E-state index contributed by atoms with van der Waals surface area (Å²) in [6.45, 7) is 0. The van der Waals surface area contributed by atoms with E-state index in [0.29, 0.717) is 11.1 Å². The highest BCUT2D eigenvalue weighted by atomic mass is 16.6. The van der Waals surface area contributed by atoms with Gasteiger partial charge in [-0.25, -0.2) is 4.79 Å². The molecule has 0 heterocycles. The summed E-state index contributed by atoms with van der Waals surface area (Å²) in [4.78, 5) is 49.6. The zero-order valence-corrected chi connectivity index (χ0v) is 26.2. The summed E-state index contributed by atoms with van der Waals surface area (Å²) in [5.41, 5.74) is 8.62. The molecular weight excluding hydrogens is 580 g/mol. The number of esters is 1. The first-order chi connectivity index (χ1) is 22.2. The lowest BCUT2D eigenvalue weighted by atomic mass is 9.53. The molecule has 0 radical (unpaired) electrons. The number of hydrogen-bond donors (Lipinski definition) is 3. The number of hydrogen-bond acceptors (Lipinski definition) is 6. The Hall–Kier alpha value is -4.30. The number of nitrogens with one attached hydrogen (secondary N) is 1. The summed E-state index contributed by atoms with van der Waals surface area (Å²) in [5.74, 6) is 0.283. The Labute approximate surface area is 270 Å². The van der Waals surface area contributed by atoms with Crippen LogP contribution >= 0.6 is 0 Å². The van der Waals surface area contributed by atoms with E-state index in [0.717, 1.165) is 28.9 Å². The highest BCUT2D eigenvalue weighted by molar-refractivity contribution is 5.98. The van der Waals surface area contributed by atoms with Crippen LogP contribution in [0.2, 0.25) is 0 Å². The number of aliphatic carboxylic acids is 1. The zero-order chi connectivity index (χ0) is 32.5. The first-order valence-corrected chi connectivity index (χ1v) is 16.3. The van der Waals surface area contributed by atoms with Crippen molar-refractivity contribution in [1.29, 1.82) is 0 Å². The van der Waals surface area contributed by atoms with Gasteiger partial charge in [0.1, 0.15) is 0 Å². The van der Waals surface area contributed by atoms with Crippen LogP contribution in [0.1, 0.15) is 72.9 Å². The van der Waals surface area contributed by atoms with E-state index in [9.17, 15) is 24.3 Å². The fourth-order valence-corrected chi connectivity index (χ4v) is 7.73. The normalized spacial score (nSPS) is 23.7. The Kier molecular flexibility index (Phi) is 11.0. The number of nitrogens with two attached hydrogens (primary N) is 1. The first kappa shape index (κ1) is 33.1. The van der Waals surface area contributed by atoms with Gasteiger partial charge in [-0.3, -0.25) is 14.4 Å². The molecule has 242 valence electrons. The molecule has 3 aromatic rings. The number of rotatable bonds is 12. The maximum atomic E-state index is 13.0. The molecule has 4 aliphatic rings. The lowest BCUT2D eigenvalue weighted by Crippen LogP contribution is -2.55. The number of carbonyl (C=O) groups excluding carboxylic acids is 3. The molecule has 8 nitrogen and oxygen atoms in total. The van der Waals surface area contributed by atoms with Gasteiger partial charge in [0.2, 0.25) is 6.10 Å². The van der Waals surface area contributed by atoms with Gasteiger partial charge in [0, 0.05) is 23.9 Å². The van der Waals surface area contributed by atoms with E-state index in [1.54, 1.807) is 60.7 Å². The Bertz CT molecular complexity index is 1440. The van der Waals surface area contributed by atoms with Crippen molar-refractivity contribution >= 4 is 23.6 Å². The van der Waals surface area contributed by atoms with Crippen LogP contribution in [0.5, 0.6) is 0 Å². The van der Waals surface area contributed by atoms with Gasteiger partial charge in [-0.05, 0) is 86.0 Å². The monoisotopic (exact) mass is 624 g/mol. The number of ketones is 1. The lowest BCUT2D eigenvalue weighted by Gasteiger charge is -2.55. The van der Waals surface area contributed by atoms with Crippen molar-refractivity contribution in [2.75, 3.05) is 0 Å². The van der Waals surface area contributed by atoms with Gasteiger partial charge in [0.25, 0.3) is 5.91 Å². The number of Topliss-reactive ketones (excluding diaryl/α,β-unsaturated/α-hetero) is 1. The highest BCUT2D eigenvalue weighted by Crippen LogP contribution is 2.54. The molecule has 3 aromatic carbocycles. The Balaban J connectivity index is 0.000000311. The third-order valence-electron chi connectivity index (χ3n) is 9.49. The van der Waals surface area contributed by atoms with Crippen LogP contribution in [0.3, 0.4) is 0 Å². The number of carboxylic acid groups (broad SMARTS) is 1. The van der Waals surface area contributed by atoms with Gasteiger partial charge >= 0.3 is 11.9 Å². The number of benzene rings is 3. The van der Waals surface area contributed by atoms with Crippen LogP contribution in [0.4, 0.5) is 0 Å². The largest absolute Gasteiger partial charge is 0.478 e. The predicted molar refractivity (Wildman–Crippen MR) is 175 cm³/mol. The van der Waals surface area contributed by atoms with Crippen molar-refractivity contribution in [3.8, 4) is 0 Å². The van der Waals surface area contributed by atoms with Crippen molar-refractivity contribution < 1.29 is 29.0 Å². The predicted octanol–water partition coefficient (Wildman–Crippen LogP) is 5.53. The molecule has 4 fully saturated rings. The average molecular weight is 625 g/mol. The molecule has 4 N–H and O–H groups in total. The van der Waals surface area contributed by atoms with Gasteiger partial charge in [-0.15, -0.1) is 0 Å². The van der Waals surface area contributed by atoms with Gasteiger partial charge < -0.3 is 20.9 Å². The van der Waals surface area contributed by atoms with E-state index < -0.39 is 30.0 Å². The van der Waals surface area contributed by atoms with Crippen molar-refractivity contribution in [2.24, 2.45) is 23.5 Å². The average Bonchev–Trinajstić information content (AvgIpc) is 3.03. The second-order valence-corrected chi connectivity index (χ2v) is 13.3. The summed E-state index contributed by atoms with van der Waals surface area (Å²) >= 11 is 0. The molecule has 4 saturated carbocycles. The summed E-state index contributed by atoms with van der Waals surface area (Å²) < 4.78 is 5.14. The number of ether oxygens (including phenoxy) is 1. The minimum absolute atomic E-state index is 0.0274. The Morgan fingerprint density at radius 3 is 1.70 bits per heavy atom. The third-order valence-corrected chi connectivity index (χ3v) is 9.49. The quantitative estimate of drug-likeness (QED) is 0.226. The van der Waals surface area contributed by atoms with Gasteiger partial charge in [-0.2, -0.15) is 0 Å². The Morgan fingerprint density at radius 2 is 1.22 bits per heavy atom. The molecule has 4 aliphatic carbocycles. The fourth-order valence-electron chi connectivity index (χ4n) is 7.73. The van der Waals surface area contributed by atoms with E-state index >= 15 is 0 Å². The summed E-state index contributed by atoms with van der Waals surface area (Å²) in [7, 11) is 0. The molecule has 7 rings (SSSR count). The zero-order valence-electron chi connectivity index (χ0n) is 26.2. The van der Waals surface area contributed by atoms with Crippen molar-refractivity contribution in [2.45, 2.75) is 81.9 Å². The van der Waals surface area contributed by atoms with Crippen LogP contribution in [0.15, 0.2) is 91.0 Å². The second-order valence-electron chi connectivity index (χ2n) is 13.3. The summed E-state index contributed by atoms with van der Waals surface area (Å²) in [6.07, 6.45) is 7.03. The van der Waals surface area contributed by atoms with Gasteiger partial charge in [0.05, 0.1) is 12.5 Å². The van der Waals surface area contributed by atoms with E-state index in [4.69, 9.17) is 10.5 Å². The van der Waals surface area contributed by atoms with Gasteiger partial charge in [0.15, 0.2) is 5.78 Å². The van der Waals surface area contributed by atoms with Gasteiger partial charge in [-0.1, -0.05) is 78.9 Å². The van der Waals surface area contributed by atoms with Crippen LogP contribution in [0, 0.1) is 17.8 Å². The van der Waals surface area contributed by atoms with Crippen molar-refractivity contribution in [1.82, 2.24) is 5.32 Å². The van der Waals surface area contributed by atoms with E-state index in [1.165, 1.54) is 38.5 Å². The van der Waals surface area contributed by atoms with E-state index in [-0.39, 0.29) is 31.5 Å². The van der Waals surface area contributed by atoms with Crippen molar-refractivity contribution in [3.63, 3.8) is 0 Å². The highest BCUT2D eigenvalue weighted by Gasteiger charge is 2.48. The minimum atomic E-state index is -1.35. The summed E-state index contributed by atoms with van der Waals surface area (Å²) in [6, 6.07) is 25.8. The number of amides is 1. The maximum Gasteiger partial charge on any atom is 0.345 e. The van der Waals surface area contributed by atoms with Crippen LogP contribution in [-0.4, -0.2) is 46.4 Å². The smallest absolute Gasteiger partial charge is 0.345 e. The number of carboxylic acids is 1. The molecule has 0 aliphatic heterocycles. The fraction of sp³-hybridized carbons (Fsp3) is 0.421. The van der Waals surface area contributed by atoms with Crippen molar-refractivity contribution in [3.05, 3.63) is 108 Å². The second kappa shape index (κ2) is 15.3. The van der Waals surface area contributed by atoms with Crippen LogP contribution < -0.4 is 11.1 Å². The van der Waals surface area contributed by atoms with Crippen LogP contribution in [0.25, 0.3) is 0 Å². The minimum Gasteiger partial charge on any atom is -0.478 e. The molecule has 0 spiro atoms. The molecule has 4 bridgehead atoms. The SMILES string of the molecule is NC12CC3CC(CC(C3)C1)C2.O=C(CCC(=O)[C@H](Cc1ccccc1)NC(=O)c1ccccc1)O[C@@H](Cc1ccccc1)C(=O)O. The molecule has 46 heavy (non-hydrogen) atoms. The molecule has 0 unspecified atom stereocenters. The maximum absolute atomic E-state index is 13.0. The third kappa shape index (κ3) is 9.36. The molecule has 8 heteroatoms. The topological polar surface area (TPSA) is 136 Å². The molecule has 2 atom stereocenters. The summed E-state index contributed by atoms with van der Waals surface area (Å²) in [5, 5.41) is 12.2.